The van der Waals surface area contributed by atoms with E-state index in [2.05, 4.69) is 4.74 Å². The van der Waals surface area contributed by atoms with Crippen LogP contribution in [0.25, 0.3) is 0 Å². The number of nitrogens with zero attached hydrogens (tertiary/aromatic N) is 2. The van der Waals surface area contributed by atoms with Crippen LogP contribution in [-0.4, -0.2) is 44.0 Å². The number of benzene rings is 1. The van der Waals surface area contributed by atoms with Crippen LogP contribution in [0.15, 0.2) is 23.1 Å². The van der Waals surface area contributed by atoms with Gasteiger partial charge in [-0.1, -0.05) is 4.47 Å². The summed E-state index contributed by atoms with van der Waals surface area (Å²) in [7, 11) is -3.02. The smallest absolute Gasteiger partial charge is 0.339 e. The minimum absolute atomic E-state index is 0.153. The fourth-order valence-electron chi connectivity index (χ4n) is 1.85. The van der Waals surface area contributed by atoms with Crippen molar-refractivity contribution >= 4 is 21.7 Å². The zero-order chi connectivity index (χ0) is 15.6. The van der Waals surface area contributed by atoms with Gasteiger partial charge in [-0.2, -0.15) is 0 Å². The standard InChI is InChI=1S/C11H12N2O7S/c1-19-11(14)9-7-8(13(15)16)3-4-10(9)21(17,18)12-5-2-6-20-12/h3-4,7H,2,5-6H2,1H3. The number of carbonyl (C=O) groups is 1. The third-order valence-electron chi connectivity index (χ3n) is 2.85. The molecule has 0 unspecified atom stereocenters. The van der Waals surface area contributed by atoms with Crippen molar-refractivity contribution < 1.29 is 27.7 Å². The van der Waals surface area contributed by atoms with Gasteiger partial charge in [-0.15, -0.1) is 0 Å². The molecular weight excluding hydrogens is 304 g/mol. The molecule has 10 heteroatoms. The number of hydroxylamine groups is 1. The molecule has 0 atom stereocenters. The van der Waals surface area contributed by atoms with Crippen LogP contribution in [0.5, 0.6) is 0 Å². The monoisotopic (exact) mass is 316 g/mol. The highest BCUT2D eigenvalue weighted by atomic mass is 32.2. The van der Waals surface area contributed by atoms with Crippen LogP contribution in [-0.2, 0) is 19.6 Å². The number of carbonyl (C=O) groups excluding carboxylic acids is 1. The van der Waals surface area contributed by atoms with E-state index < -0.39 is 32.2 Å². The lowest BCUT2D eigenvalue weighted by Gasteiger charge is -2.16. The van der Waals surface area contributed by atoms with E-state index in [-0.39, 0.29) is 18.0 Å². The van der Waals surface area contributed by atoms with Crippen molar-refractivity contribution in [3.8, 4) is 0 Å². The van der Waals surface area contributed by atoms with Gasteiger partial charge in [0.2, 0.25) is 0 Å². The molecule has 1 fully saturated rings. The third-order valence-corrected chi connectivity index (χ3v) is 4.58. The molecule has 0 spiro atoms. The first-order valence-electron chi connectivity index (χ1n) is 5.90. The van der Waals surface area contributed by atoms with Crippen molar-refractivity contribution in [2.45, 2.75) is 11.3 Å². The molecule has 0 saturated carbocycles. The number of hydrogen-bond donors (Lipinski definition) is 0. The number of esters is 1. The highest BCUT2D eigenvalue weighted by Crippen LogP contribution is 2.27. The van der Waals surface area contributed by atoms with Gasteiger partial charge >= 0.3 is 5.97 Å². The summed E-state index contributed by atoms with van der Waals surface area (Å²) in [6.45, 7) is 0.402. The molecule has 0 N–H and O–H groups in total. The first kappa shape index (κ1) is 15.4. The summed E-state index contributed by atoms with van der Waals surface area (Å²) in [5.74, 6) is -0.975. The number of sulfonamides is 1. The fourth-order valence-corrected chi connectivity index (χ4v) is 3.31. The Morgan fingerprint density at radius 1 is 1.48 bits per heavy atom. The quantitative estimate of drug-likeness (QED) is 0.456. The average Bonchev–Trinajstić information content (AvgIpc) is 3.00. The summed E-state index contributed by atoms with van der Waals surface area (Å²) in [6, 6.07) is 2.88. The molecule has 21 heavy (non-hydrogen) atoms. The Hall–Kier alpha value is -2.04. The lowest BCUT2D eigenvalue weighted by atomic mass is 10.2. The van der Waals surface area contributed by atoms with Crippen LogP contribution in [0.3, 0.4) is 0 Å². The van der Waals surface area contributed by atoms with E-state index in [9.17, 15) is 23.3 Å². The number of non-ortho nitro benzene ring substituents is 1. The average molecular weight is 316 g/mol. The van der Waals surface area contributed by atoms with Gasteiger partial charge in [-0.05, 0) is 12.5 Å². The number of hydrogen-bond acceptors (Lipinski definition) is 7. The summed E-state index contributed by atoms with van der Waals surface area (Å²) in [4.78, 5) is 26.3. The van der Waals surface area contributed by atoms with Crippen LogP contribution in [0.1, 0.15) is 16.8 Å². The maximum Gasteiger partial charge on any atom is 0.339 e. The molecule has 0 bridgehead atoms. The van der Waals surface area contributed by atoms with E-state index in [0.29, 0.717) is 6.42 Å². The Labute approximate surface area is 120 Å². The Morgan fingerprint density at radius 2 is 2.19 bits per heavy atom. The van der Waals surface area contributed by atoms with E-state index in [0.717, 1.165) is 29.8 Å². The van der Waals surface area contributed by atoms with Gasteiger partial charge in [-0.3, -0.25) is 15.0 Å². The molecule has 0 radical (unpaired) electrons. The van der Waals surface area contributed by atoms with Crippen LogP contribution >= 0.6 is 0 Å². The second-order valence-electron chi connectivity index (χ2n) is 4.15. The number of nitro groups is 1. The van der Waals surface area contributed by atoms with Crippen molar-refractivity contribution in [3.63, 3.8) is 0 Å². The zero-order valence-electron chi connectivity index (χ0n) is 11.0. The highest BCUT2D eigenvalue weighted by molar-refractivity contribution is 7.89. The first-order valence-corrected chi connectivity index (χ1v) is 7.34. The summed E-state index contributed by atoms with van der Waals surface area (Å²) in [6.07, 6.45) is 0.528. The minimum atomic E-state index is -4.08. The van der Waals surface area contributed by atoms with Crippen molar-refractivity contribution in [3.05, 3.63) is 33.9 Å². The molecule has 1 heterocycles. The third kappa shape index (κ3) is 2.86. The largest absolute Gasteiger partial charge is 0.465 e. The Balaban J connectivity index is 2.57. The summed E-state index contributed by atoms with van der Waals surface area (Å²) in [5.41, 5.74) is -0.807. The normalized spacial score (nSPS) is 15.9. The second-order valence-corrected chi connectivity index (χ2v) is 5.94. The number of ether oxygens (including phenoxy) is 1. The van der Waals surface area contributed by atoms with Gasteiger partial charge in [-0.25, -0.2) is 13.2 Å². The van der Waals surface area contributed by atoms with Crippen LogP contribution in [0, 0.1) is 10.1 Å². The van der Waals surface area contributed by atoms with E-state index in [1.54, 1.807) is 0 Å². The molecule has 114 valence electrons. The Bertz CT molecular complexity index is 680. The predicted molar refractivity (Wildman–Crippen MR) is 68.9 cm³/mol. The lowest BCUT2D eigenvalue weighted by Crippen LogP contribution is -2.28. The second kappa shape index (κ2) is 5.76. The van der Waals surface area contributed by atoms with Gasteiger partial charge in [0, 0.05) is 18.7 Å². The molecular formula is C11H12N2O7S. The van der Waals surface area contributed by atoms with E-state index >= 15 is 0 Å². The topological polar surface area (TPSA) is 116 Å². The van der Waals surface area contributed by atoms with Gasteiger partial charge in [0.25, 0.3) is 15.7 Å². The lowest BCUT2D eigenvalue weighted by molar-refractivity contribution is -0.384. The van der Waals surface area contributed by atoms with Crippen molar-refractivity contribution in [2.75, 3.05) is 20.3 Å². The highest BCUT2D eigenvalue weighted by Gasteiger charge is 2.33. The minimum Gasteiger partial charge on any atom is -0.465 e. The zero-order valence-corrected chi connectivity index (χ0v) is 11.8. The van der Waals surface area contributed by atoms with Gasteiger partial charge in [0.15, 0.2) is 0 Å². The number of rotatable bonds is 4. The van der Waals surface area contributed by atoms with Crippen LogP contribution < -0.4 is 0 Å². The Morgan fingerprint density at radius 3 is 2.71 bits per heavy atom. The molecule has 1 aromatic carbocycles. The van der Waals surface area contributed by atoms with Crippen molar-refractivity contribution in [1.29, 1.82) is 0 Å². The fraction of sp³-hybridized carbons (Fsp3) is 0.364. The molecule has 2 rings (SSSR count). The summed E-state index contributed by atoms with van der Waals surface area (Å²) < 4.78 is 30.0. The SMILES string of the molecule is COC(=O)c1cc([N+](=O)[O-])ccc1S(=O)(=O)N1CCCO1. The molecule has 0 aromatic heterocycles. The predicted octanol–water partition coefficient (Wildman–Crippen LogP) is 0.707. The van der Waals surface area contributed by atoms with E-state index in [1.165, 1.54) is 0 Å². The Kier molecular flexibility index (Phi) is 4.21. The van der Waals surface area contributed by atoms with Crippen LogP contribution in [0.2, 0.25) is 0 Å². The molecule has 1 aliphatic heterocycles. The molecule has 0 amide bonds. The molecule has 1 aliphatic rings. The van der Waals surface area contributed by atoms with E-state index in [1.807, 2.05) is 0 Å². The summed E-state index contributed by atoms with van der Waals surface area (Å²) >= 11 is 0. The van der Waals surface area contributed by atoms with Gasteiger partial charge < -0.3 is 4.74 Å². The maximum atomic E-state index is 12.4. The van der Waals surface area contributed by atoms with Crippen molar-refractivity contribution in [1.82, 2.24) is 4.47 Å². The summed E-state index contributed by atoms with van der Waals surface area (Å²) in [5, 5.41) is 10.8. The van der Waals surface area contributed by atoms with E-state index in [4.69, 9.17) is 4.84 Å². The number of methoxy groups -OCH3 is 1. The first-order chi connectivity index (χ1) is 9.87. The molecule has 0 aliphatic carbocycles. The van der Waals surface area contributed by atoms with Crippen molar-refractivity contribution in [2.24, 2.45) is 0 Å². The van der Waals surface area contributed by atoms with Gasteiger partial charge in [0.05, 0.1) is 29.1 Å². The van der Waals surface area contributed by atoms with Gasteiger partial charge in [0.1, 0.15) is 0 Å². The molecule has 1 saturated heterocycles. The van der Waals surface area contributed by atoms with Crippen LogP contribution in [0.4, 0.5) is 5.69 Å². The number of nitro benzene ring substituents is 1. The molecule has 1 aromatic rings. The maximum absolute atomic E-state index is 12.4. The molecule has 9 nitrogen and oxygen atoms in total.